The molecule has 4 rings (SSSR count). The van der Waals surface area contributed by atoms with Crippen LogP contribution in [0.25, 0.3) is 10.9 Å². The Hall–Kier alpha value is -1.97. The fourth-order valence-corrected chi connectivity index (χ4v) is 6.02. The van der Waals surface area contributed by atoms with Gasteiger partial charge in [-0.1, -0.05) is 0 Å². The van der Waals surface area contributed by atoms with Crippen molar-refractivity contribution in [2.75, 3.05) is 37.7 Å². The van der Waals surface area contributed by atoms with Gasteiger partial charge in [-0.15, -0.1) is 0 Å². The number of nitrogens with zero attached hydrogens (tertiary/aromatic N) is 2. The zero-order valence-corrected chi connectivity index (χ0v) is 15.6. The standard InChI is InChI=1S/C18H22FN3O4S/c19-12-1-2-14-15(10-20-16(14)9-12)17(18(23)24)22-6-4-21(5-7-22)13-3-8-27(25,26)11-13/h1-2,9-10,13,17,20H,3-8,11H2,(H,23,24). The molecule has 0 saturated carbocycles. The molecule has 27 heavy (non-hydrogen) atoms. The normalized spacial score (nSPS) is 25.0. The molecular weight excluding hydrogens is 373 g/mol. The summed E-state index contributed by atoms with van der Waals surface area (Å²) in [4.78, 5) is 19.0. The summed E-state index contributed by atoms with van der Waals surface area (Å²) in [5, 5.41) is 10.5. The molecule has 2 N–H and O–H groups in total. The van der Waals surface area contributed by atoms with Gasteiger partial charge in [0, 0.05) is 54.9 Å². The van der Waals surface area contributed by atoms with Crippen LogP contribution in [0.4, 0.5) is 4.39 Å². The van der Waals surface area contributed by atoms with E-state index in [-0.39, 0.29) is 23.4 Å². The fourth-order valence-electron chi connectivity index (χ4n) is 4.26. The van der Waals surface area contributed by atoms with E-state index in [0.29, 0.717) is 49.1 Å². The summed E-state index contributed by atoms with van der Waals surface area (Å²) in [6.07, 6.45) is 2.29. The van der Waals surface area contributed by atoms with E-state index in [0.717, 1.165) is 0 Å². The van der Waals surface area contributed by atoms with Gasteiger partial charge >= 0.3 is 5.97 Å². The van der Waals surface area contributed by atoms with Gasteiger partial charge in [-0.25, -0.2) is 12.8 Å². The lowest BCUT2D eigenvalue weighted by Crippen LogP contribution is -2.52. The number of hydrogen-bond donors (Lipinski definition) is 2. The molecule has 2 fully saturated rings. The molecule has 0 radical (unpaired) electrons. The van der Waals surface area contributed by atoms with Gasteiger partial charge in [0.1, 0.15) is 11.9 Å². The van der Waals surface area contributed by atoms with Crippen LogP contribution < -0.4 is 0 Å². The van der Waals surface area contributed by atoms with Crippen molar-refractivity contribution in [3.8, 4) is 0 Å². The van der Waals surface area contributed by atoms with Crippen molar-refractivity contribution in [3.05, 3.63) is 35.8 Å². The predicted molar refractivity (Wildman–Crippen MR) is 98.8 cm³/mol. The van der Waals surface area contributed by atoms with Crippen LogP contribution >= 0.6 is 0 Å². The van der Waals surface area contributed by atoms with Gasteiger partial charge in [-0.3, -0.25) is 14.6 Å². The molecule has 0 spiro atoms. The smallest absolute Gasteiger partial charge is 0.325 e. The van der Waals surface area contributed by atoms with Crippen molar-refractivity contribution in [2.45, 2.75) is 18.5 Å². The van der Waals surface area contributed by atoms with Crippen LogP contribution in [0.15, 0.2) is 24.4 Å². The van der Waals surface area contributed by atoms with Crippen molar-refractivity contribution in [2.24, 2.45) is 0 Å². The molecule has 1 aromatic carbocycles. The first-order valence-electron chi connectivity index (χ1n) is 9.02. The summed E-state index contributed by atoms with van der Waals surface area (Å²) < 4.78 is 36.8. The number of hydrogen-bond acceptors (Lipinski definition) is 5. The highest BCUT2D eigenvalue weighted by molar-refractivity contribution is 7.91. The van der Waals surface area contributed by atoms with Crippen LogP contribution in [0.5, 0.6) is 0 Å². The Bertz CT molecular complexity index is 966. The number of aromatic amines is 1. The number of benzene rings is 1. The van der Waals surface area contributed by atoms with Crippen LogP contribution in [-0.4, -0.2) is 78.0 Å². The highest BCUT2D eigenvalue weighted by Gasteiger charge is 2.37. The Morgan fingerprint density at radius 1 is 1.26 bits per heavy atom. The average molecular weight is 395 g/mol. The Morgan fingerprint density at radius 3 is 2.63 bits per heavy atom. The van der Waals surface area contributed by atoms with Gasteiger partial charge in [-0.2, -0.15) is 0 Å². The average Bonchev–Trinajstić information content (AvgIpc) is 3.18. The molecule has 2 aromatic rings. The number of aliphatic carboxylic acids is 1. The molecular formula is C18H22FN3O4S. The summed E-state index contributed by atoms with van der Waals surface area (Å²) in [5.74, 6) is -0.884. The first-order chi connectivity index (χ1) is 12.8. The van der Waals surface area contributed by atoms with Gasteiger partial charge in [0.2, 0.25) is 0 Å². The van der Waals surface area contributed by atoms with E-state index in [4.69, 9.17) is 0 Å². The van der Waals surface area contributed by atoms with E-state index in [1.54, 1.807) is 12.3 Å². The van der Waals surface area contributed by atoms with E-state index in [9.17, 15) is 22.7 Å². The van der Waals surface area contributed by atoms with Crippen LogP contribution in [-0.2, 0) is 14.6 Å². The summed E-state index contributed by atoms with van der Waals surface area (Å²) >= 11 is 0. The molecule has 2 unspecified atom stereocenters. The van der Waals surface area contributed by atoms with E-state index < -0.39 is 21.8 Å². The van der Waals surface area contributed by atoms with Crippen molar-refractivity contribution in [3.63, 3.8) is 0 Å². The van der Waals surface area contributed by atoms with Gasteiger partial charge in [-0.05, 0) is 24.6 Å². The van der Waals surface area contributed by atoms with Gasteiger partial charge in [0.15, 0.2) is 9.84 Å². The highest BCUT2D eigenvalue weighted by atomic mass is 32.2. The van der Waals surface area contributed by atoms with Crippen LogP contribution in [0, 0.1) is 5.82 Å². The first-order valence-corrected chi connectivity index (χ1v) is 10.8. The molecule has 146 valence electrons. The maximum atomic E-state index is 13.4. The Kier molecular flexibility index (Phi) is 4.69. The fraction of sp³-hybridized carbons (Fsp3) is 0.500. The topological polar surface area (TPSA) is 93.7 Å². The minimum Gasteiger partial charge on any atom is -0.480 e. The number of piperazine rings is 1. The molecule has 0 aliphatic carbocycles. The number of halogens is 1. The lowest BCUT2D eigenvalue weighted by molar-refractivity contribution is -0.144. The molecule has 2 aliphatic rings. The number of rotatable bonds is 4. The monoisotopic (exact) mass is 395 g/mol. The SMILES string of the molecule is O=C(O)C(c1c[nH]c2cc(F)ccc12)N1CCN(C2CCS(=O)(=O)C2)CC1. The second-order valence-electron chi connectivity index (χ2n) is 7.30. The van der Waals surface area contributed by atoms with Crippen molar-refractivity contribution >= 4 is 26.7 Å². The predicted octanol–water partition coefficient (Wildman–Crippen LogP) is 1.24. The molecule has 2 aliphatic heterocycles. The first kappa shape index (κ1) is 18.4. The second kappa shape index (κ2) is 6.88. The lowest BCUT2D eigenvalue weighted by Gasteiger charge is -2.39. The molecule has 0 bridgehead atoms. The summed E-state index contributed by atoms with van der Waals surface area (Å²) in [7, 11) is -2.94. The van der Waals surface area contributed by atoms with Crippen molar-refractivity contribution in [1.82, 2.24) is 14.8 Å². The molecule has 7 nitrogen and oxygen atoms in total. The Labute approximate surface area is 156 Å². The quantitative estimate of drug-likeness (QED) is 0.809. The number of carboxylic acid groups (broad SMARTS) is 1. The van der Waals surface area contributed by atoms with Crippen LogP contribution in [0.1, 0.15) is 18.0 Å². The molecule has 2 atom stereocenters. The summed E-state index contributed by atoms with van der Waals surface area (Å²) in [6, 6.07) is 3.51. The molecule has 2 saturated heterocycles. The van der Waals surface area contributed by atoms with E-state index in [1.165, 1.54) is 12.1 Å². The third-order valence-electron chi connectivity index (χ3n) is 5.64. The van der Waals surface area contributed by atoms with Crippen LogP contribution in [0.3, 0.4) is 0 Å². The van der Waals surface area contributed by atoms with E-state index in [2.05, 4.69) is 9.88 Å². The zero-order valence-electron chi connectivity index (χ0n) is 14.8. The highest BCUT2D eigenvalue weighted by Crippen LogP contribution is 2.30. The van der Waals surface area contributed by atoms with Gasteiger partial charge < -0.3 is 10.1 Å². The molecule has 3 heterocycles. The van der Waals surface area contributed by atoms with Gasteiger partial charge in [0.05, 0.1) is 11.5 Å². The van der Waals surface area contributed by atoms with E-state index >= 15 is 0 Å². The van der Waals surface area contributed by atoms with Crippen LogP contribution in [0.2, 0.25) is 0 Å². The lowest BCUT2D eigenvalue weighted by atomic mass is 10.0. The summed E-state index contributed by atoms with van der Waals surface area (Å²) in [6.45, 7) is 2.37. The number of sulfone groups is 1. The number of H-pyrrole nitrogens is 1. The second-order valence-corrected chi connectivity index (χ2v) is 9.53. The zero-order chi connectivity index (χ0) is 19.2. The van der Waals surface area contributed by atoms with Crippen molar-refractivity contribution in [1.29, 1.82) is 0 Å². The Morgan fingerprint density at radius 2 is 2.00 bits per heavy atom. The Balaban J connectivity index is 1.51. The van der Waals surface area contributed by atoms with Gasteiger partial charge in [0.25, 0.3) is 0 Å². The number of nitrogens with one attached hydrogen (secondary N) is 1. The third kappa shape index (κ3) is 3.59. The molecule has 9 heteroatoms. The molecule has 1 aromatic heterocycles. The number of aromatic nitrogens is 1. The number of carboxylic acids is 1. The largest absolute Gasteiger partial charge is 0.480 e. The minimum absolute atomic E-state index is 0.0384. The minimum atomic E-state index is -2.94. The number of carbonyl (C=O) groups is 1. The number of fused-ring (bicyclic) bond motifs is 1. The maximum Gasteiger partial charge on any atom is 0.325 e. The maximum absolute atomic E-state index is 13.4. The third-order valence-corrected chi connectivity index (χ3v) is 7.39. The van der Waals surface area contributed by atoms with Crippen molar-refractivity contribution < 1.29 is 22.7 Å². The summed E-state index contributed by atoms with van der Waals surface area (Å²) in [5.41, 5.74) is 1.19. The van der Waals surface area contributed by atoms with E-state index in [1.807, 2.05) is 4.90 Å². The molecule has 0 amide bonds.